The molecule has 0 bridgehead atoms. The van der Waals surface area contributed by atoms with Crippen molar-refractivity contribution in [2.75, 3.05) is 26.7 Å². The number of rotatable bonds is 9. The molecule has 1 amide bonds. The second-order valence-electron chi connectivity index (χ2n) is 11.9. The van der Waals surface area contributed by atoms with Crippen LogP contribution in [0.1, 0.15) is 54.6 Å². The van der Waals surface area contributed by atoms with Crippen LogP contribution < -0.4 is 4.74 Å². The molecule has 4 heteroatoms. The Kier molecular flexibility index (Phi) is 9.97. The minimum Gasteiger partial charge on any atom is -0.497 e. The number of carbonyl (C=O) groups is 1. The summed E-state index contributed by atoms with van der Waals surface area (Å²) in [4.78, 5) is 18.5. The summed E-state index contributed by atoms with van der Waals surface area (Å²) in [5.41, 5.74) is 7.51. The van der Waals surface area contributed by atoms with Gasteiger partial charge in [-0.1, -0.05) is 92.6 Å². The molecule has 3 aliphatic rings. The summed E-state index contributed by atoms with van der Waals surface area (Å²) in [5, 5.41) is 0. The van der Waals surface area contributed by atoms with Gasteiger partial charge in [-0.25, -0.2) is 0 Å². The number of fused-ring (bicyclic) bond motifs is 1. The van der Waals surface area contributed by atoms with Crippen molar-refractivity contribution in [2.24, 2.45) is 5.92 Å². The van der Waals surface area contributed by atoms with Gasteiger partial charge < -0.3 is 14.5 Å². The zero-order chi connectivity index (χ0) is 30.2. The molecule has 1 fully saturated rings. The van der Waals surface area contributed by atoms with Gasteiger partial charge in [0.05, 0.1) is 12.7 Å². The first-order valence-electron chi connectivity index (χ1n) is 15.4. The van der Waals surface area contributed by atoms with Crippen molar-refractivity contribution in [1.29, 1.82) is 0 Å². The zero-order valence-electron chi connectivity index (χ0n) is 25.6. The highest BCUT2D eigenvalue weighted by atomic mass is 16.5. The van der Waals surface area contributed by atoms with E-state index in [0.29, 0.717) is 23.6 Å². The van der Waals surface area contributed by atoms with Crippen LogP contribution in [0.5, 0.6) is 5.75 Å². The number of ether oxygens (including phenoxy) is 1. The second-order valence-corrected chi connectivity index (χ2v) is 11.9. The Morgan fingerprint density at radius 1 is 0.860 bits per heavy atom. The van der Waals surface area contributed by atoms with Crippen LogP contribution in [0.2, 0.25) is 0 Å². The Hall–Kier alpha value is -4.33. The van der Waals surface area contributed by atoms with E-state index in [1.54, 1.807) is 7.11 Å². The lowest BCUT2D eigenvalue weighted by Gasteiger charge is -2.39. The molecule has 3 aromatic carbocycles. The highest BCUT2D eigenvalue weighted by Gasteiger charge is 2.29. The topological polar surface area (TPSA) is 32.8 Å². The third-order valence-corrected chi connectivity index (χ3v) is 8.54. The number of methoxy groups -OCH3 is 1. The fourth-order valence-electron chi connectivity index (χ4n) is 5.66. The molecule has 1 aliphatic heterocycles. The lowest BCUT2D eigenvalue weighted by molar-refractivity contribution is 0.0546. The summed E-state index contributed by atoms with van der Waals surface area (Å²) in [6.07, 6.45) is 8.92. The standard InChI is InChI=1S/C33H38N2O2.C6H4/c1-5-27-8-6-7-9-32(27)33(36)35(30-19-22-34(23-20-30)21-18-25(2)3)24-26-10-12-28(13-11-26)29-14-16-31(37-4)17-15-29;1-2-6-4-3-5(1)6/h1,6-17,25,30H,18-24H2,2-4H3;1-4H. The molecular formula is C39H42N2O2. The van der Waals surface area contributed by atoms with Gasteiger partial charge in [-0.2, -0.15) is 0 Å². The van der Waals surface area contributed by atoms with Gasteiger partial charge in [-0.15, -0.1) is 6.42 Å². The Morgan fingerprint density at radius 2 is 1.40 bits per heavy atom. The number of amides is 1. The lowest BCUT2D eigenvalue weighted by Crippen LogP contribution is -2.47. The van der Waals surface area contributed by atoms with Crippen LogP contribution in [0.15, 0.2) is 97.1 Å². The highest BCUT2D eigenvalue weighted by molar-refractivity contribution is 5.97. The van der Waals surface area contributed by atoms with Crippen LogP contribution in [0.4, 0.5) is 0 Å². The van der Waals surface area contributed by atoms with Crippen molar-refractivity contribution in [2.45, 2.75) is 45.7 Å². The van der Waals surface area contributed by atoms with Crippen molar-refractivity contribution in [1.82, 2.24) is 9.80 Å². The van der Waals surface area contributed by atoms with Crippen molar-refractivity contribution in [3.8, 4) is 40.3 Å². The van der Waals surface area contributed by atoms with Crippen molar-refractivity contribution < 1.29 is 9.53 Å². The monoisotopic (exact) mass is 570 g/mol. The molecular weight excluding hydrogens is 528 g/mol. The summed E-state index contributed by atoms with van der Waals surface area (Å²) in [7, 11) is 1.67. The van der Waals surface area contributed by atoms with Gasteiger partial charge in [0.25, 0.3) is 5.91 Å². The molecule has 0 saturated carbocycles. The highest BCUT2D eigenvalue weighted by Crippen LogP contribution is 2.29. The van der Waals surface area contributed by atoms with E-state index in [1.807, 2.05) is 36.4 Å². The molecule has 0 radical (unpaired) electrons. The van der Waals surface area contributed by atoms with Gasteiger partial charge in [-0.3, -0.25) is 4.79 Å². The number of hydrogen-bond acceptors (Lipinski definition) is 3. The van der Waals surface area contributed by atoms with E-state index in [1.165, 1.54) is 17.5 Å². The molecule has 1 saturated heterocycles. The smallest absolute Gasteiger partial charge is 0.255 e. The van der Waals surface area contributed by atoms with E-state index in [4.69, 9.17) is 11.2 Å². The first-order chi connectivity index (χ1) is 20.9. The normalized spacial score (nSPS) is 13.9. The van der Waals surface area contributed by atoms with Gasteiger partial charge in [0.2, 0.25) is 0 Å². The van der Waals surface area contributed by atoms with Gasteiger partial charge in [0, 0.05) is 31.2 Å². The lowest BCUT2D eigenvalue weighted by atomic mass is 9.95. The van der Waals surface area contributed by atoms with Gasteiger partial charge in [-0.05, 0) is 83.8 Å². The van der Waals surface area contributed by atoms with Crippen molar-refractivity contribution >= 4 is 5.91 Å². The molecule has 4 nitrogen and oxygen atoms in total. The molecule has 0 unspecified atom stereocenters. The van der Waals surface area contributed by atoms with Crippen molar-refractivity contribution in [3.05, 3.63) is 114 Å². The Labute approximate surface area is 257 Å². The summed E-state index contributed by atoms with van der Waals surface area (Å²) in [6.45, 7) is 8.29. The zero-order valence-corrected chi connectivity index (χ0v) is 25.6. The number of piperidine rings is 1. The predicted octanol–water partition coefficient (Wildman–Crippen LogP) is 8.16. The maximum Gasteiger partial charge on any atom is 0.255 e. The second kappa shape index (κ2) is 14.2. The molecule has 0 N–H and O–H groups in total. The molecule has 6 rings (SSSR count). The molecule has 43 heavy (non-hydrogen) atoms. The van der Waals surface area contributed by atoms with Crippen LogP contribution in [-0.4, -0.2) is 48.5 Å². The Morgan fingerprint density at radius 3 is 1.91 bits per heavy atom. The number of nitrogens with zero attached hydrogens (tertiary/aromatic N) is 2. The average molecular weight is 571 g/mol. The van der Waals surface area contributed by atoms with Crippen LogP contribution in [0, 0.1) is 18.3 Å². The summed E-state index contributed by atoms with van der Waals surface area (Å²) in [6, 6.07) is 32.7. The van der Waals surface area contributed by atoms with E-state index in [2.05, 4.69) is 90.2 Å². The summed E-state index contributed by atoms with van der Waals surface area (Å²) in [5.74, 6) is 4.27. The molecule has 1 heterocycles. The average Bonchev–Trinajstić information content (AvgIpc) is 3.05. The third kappa shape index (κ3) is 7.55. The maximum atomic E-state index is 13.9. The minimum atomic E-state index is 0.0217. The van der Waals surface area contributed by atoms with Gasteiger partial charge in [0.1, 0.15) is 5.75 Å². The first kappa shape index (κ1) is 30.1. The van der Waals surface area contributed by atoms with Crippen LogP contribution >= 0.6 is 0 Å². The number of hydrogen-bond donors (Lipinski definition) is 0. The summed E-state index contributed by atoms with van der Waals surface area (Å²) >= 11 is 0. The number of benzene rings is 4. The third-order valence-electron chi connectivity index (χ3n) is 8.54. The van der Waals surface area contributed by atoms with E-state index < -0.39 is 0 Å². The molecule has 0 aromatic heterocycles. The SMILES string of the molecule is C#Cc1ccccc1C(=O)N(Cc1ccc(-c2ccc(OC)cc2)cc1)C1CCN(CCC(C)C)CC1.c1cc2ccc1-2. The molecule has 3 aromatic rings. The van der Waals surface area contributed by atoms with Crippen LogP contribution in [-0.2, 0) is 6.54 Å². The van der Waals surface area contributed by atoms with E-state index in [9.17, 15) is 4.79 Å². The van der Waals surface area contributed by atoms with Crippen LogP contribution in [0.3, 0.4) is 0 Å². The van der Waals surface area contributed by atoms with E-state index >= 15 is 0 Å². The number of carbonyl (C=O) groups excluding carboxylic acids is 1. The number of terminal acetylenes is 1. The predicted molar refractivity (Wildman–Crippen MR) is 177 cm³/mol. The number of likely N-dealkylation sites (tertiary alicyclic amines) is 1. The Balaban J connectivity index is 0.000000537. The maximum absolute atomic E-state index is 13.9. The minimum absolute atomic E-state index is 0.0217. The Bertz CT molecular complexity index is 1500. The fraction of sp³-hybridized carbons (Fsp3) is 0.308. The molecule has 0 atom stereocenters. The van der Waals surface area contributed by atoms with Crippen LogP contribution in [0.25, 0.3) is 22.3 Å². The van der Waals surface area contributed by atoms with E-state index in [-0.39, 0.29) is 11.9 Å². The largest absolute Gasteiger partial charge is 0.497 e. The molecule has 0 spiro atoms. The van der Waals surface area contributed by atoms with Gasteiger partial charge in [0.15, 0.2) is 0 Å². The van der Waals surface area contributed by atoms with E-state index in [0.717, 1.165) is 54.9 Å². The quantitative estimate of drug-likeness (QED) is 0.168. The fourth-order valence-corrected chi connectivity index (χ4v) is 5.66. The first-order valence-corrected chi connectivity index (χ1v) is 15.4. The molecule has 2 aliphatic carbocycles. The summed E-state index contributed by atoms with van der Waals surface area (Å²) < 4.78 is 5.28. The molecule has 220 valence electrons. The van der Waals surface area contributed by atoms with Gasteiger partial charge >= 0.3 is 0 Å². The van der Waals surface area contributed by atoms with Crippen molar-refractivity contribution in [3.63, 3.8) is 0 Å².